The van der Waals surface area contributed by atoms with Gasteiger partial charge in [-0.2, -0.15) is 4.98 Å². The van der Waals surface area contributed by atoms with Crippen molar-refractivity contribution in [3.63, 3.8) is 0 Å². The van der Waals surface area contributed by atoms with Crippen molar-refractivity contribution in [2.75, 3.05) is 5.32 Å². The predicted molar refractivity (Wildman–Crippen MR) is 128 cm³/mol. The molecule has 9 nitrogen and oxygen atoms in total. The number of nitrogens with zero attached hydrogens (tertiary/aromatic N) is 5. The Morgan fingerprint density at radius 2 is 1.88 bits per heavy atom. The number of anilines is 1. The normalized spacial score (nSPS) is 11.1. The Labute approximate surface area is 198 Å². The van der Waals surface area contributed by atoms with Crippen LogP contribution >= 0.6 is 11.6 Å². The molecule has 3 heterocycles. The molecule has 0 fully saturated rings. The van der Waals surface area contributed by atoms with Crippen LogP contribution in [0.5, 0.6) is 0 Å². The zero-order valence-electron chi connectivity index (χ0n) is 18.3. The minimum Gasteiger partial charge on any atom is -0.333 e. The number of rotatable bonds is 5. The largest absolute Gasteiger partial charge is 0.350 e. The van der Waals surface area contributed by atoms with Gasteiger partial charge in [0, 0.05) is 11.8 Å². The zero-order valence-corrected chi connectivity index (χ0v) is 19.1. The average molecular weight is 475 g/mol. The number of carbonyl (C=O) groups excluding carboxylic acids is 1. The summed E-state index contributed by atoms with van der Waals surface area (Å²) in [6.07, 6.45) is 1.57. The summed E-state index contributed by atoms with van der Waals surface area (Å²) >= 11 is 6.19. The monoisotopic (exact) mass is 474 g/mol. The molecule has 34 heavy (non-hydrogen) atoms. The molecule has 2 aromatic carbocycles. The van der Waals surface area contributed by atoms with Crippen LogP contribution in [0, 0.1) is 13.8 Å². The summed E-state index contributed by atoms with van der Waals surface area (Å²) < 4.78 is 7.87. The number of hydrogen-bond acceptors (Lipinski definition) is 6. The van der Waals surface area contributed by atoms with Crippen molar-refractivity contribution in [3.8, 4) is 22.8 Å². The van der Waals surface area contributed by atoms with Gasteiger partial charge in [-0.15, -0.1) is 5.10 Å². The molecule has 5 rings (SSSR count). The van der Waals surface area contributed by atoms with Crippen LogP contribution in [0.15, 0.2) is 70.1 Å². The molecule has 3 aromatic heterocycles. The summed E-state index contributed by atoms with van der Waals surface area (Å²) in [5, 5.41) is 11.6. The number of nitrogens with one attached hydrogen (secondary N) is 1. The smallest absolute Gasteiger partial charge is 0.333 e. The highest BCUT2D eigenvalue weighted by molar-refractivity contribution is 6.33. The molecule has 1 N–H and O–H groups in total. The summed E-state index contributed by atoms with van der Waals surface area (Å²) in [5.41, 5.74) is 3.55. The minimum atomic E-state index is -0.471. The van der Waals surface area contributed by atoms with Crippen LogP contribution in [-0.2, 0) is 11.3 Å². The van der Waals surface area contributed by atoms with Crippen LogP contribution in [0.4, 0.5) is 5.69 Å². The number of aromatic nitrogens is 5. The molecule has 0 unspecified atom stereocenters. The number of pyridine rings is 1. The molecule has 10 heteroatoms. The lowest BCUT2D eigenvalue weighted by Crippen LogP contribution is -2.28. The molecule has 0 atom stereocenters. The lowest BCUT2D eigenvalue weighted by molar-refractivity contribution is -0.117. The van der Waals surface area contributed by atoms with Crippen molar-refractivity contribution < 1.29 is 9.32 Å². The zero-order chi connectivity index (χ0) is 23.8. The number of para-hydroxylation sites is 1. The van der Waals surface area contributed by atoms with E-state index < -0.39 is 11.6 Å². The number of hydrogen-bond donors (Lipinski definition) is 1. The van der Waals surface area contributed by atoms with E-state index in [1.54, 1.807) is 30.5 Å². The van der Waals surface area contributed by atoms with Gasteiger partial charge in [0.05, 0.1) is 16.3 Å². The van der Waals surface area contributed by atoms with Crippen LogP contribution < -0.4 is 11.0 Å². The van der Waals surface area contributed by atoms with E-state index in [4.69, 9.17) is 16.1 Å². The van der Waals surface area contributed by atoms with Gasteiger partial charge >= 0.3 is 5.69 Å². The fourth-order valence-electron chi connectivity index (χ4n) is 3.57. The second kappa shape index (κ2) is 8.60. The molecule has 0 aliphatic rings. The summed E-state index contributed by atoms with van der Waals surface area (Å²) in [5.74, 6) is 0.213. The number of carbonyl (C=O) groups is 1. The van der Waals surface area contributed by atoms with Crippen molar-refractivity contribution in [3.05, 3.63) is 87.4 Å². The van der Waals surface area contributed by atoms with Crippen molar-refractivity contribution in [1.29, 1.82) is 0 Å². The number of halogens is 1. The topological polar surface area (TPSA) is 107 Å². The maximum absolute atomic E-state index is 12.9. The summed E-state index contributed by atoms with van der Waals surface area (Å²) in [4.78, 5) is 30.0. The number of benzene rings is 2. The second-order valence-electron chi connectivity index (χ2n) is 7.82. The third kappa shape index (κ3) is 3.97. The Morgan fingerprint density at radius 3 is 2.65 bits per heavy atom. The summed E-state index contributed by atoms with van der Waals surface area (Å²) in [6, 6.07) is 16.5. The van der Waals surface area contributed by atoms with Gasteiger partial charge in [0.2, 0.25) is 11.7 Å². The first-order valence-corrected chi connectivity index (χ1v) is 10.8. The molecular formula is C24H19ClN6O3. The molecular weight excluding hydrogens is 456 g/mol. The summed E-state index contributed by atoms with van der Waals surface area (Å²) in [6.45, 7) is 3.54. The van der Waals surface area contributed by atoms with Gasteiger partial charge in [0.15, 0.2) is 5.65 Å². The van der Waals surface area contributed by atoms with E-state index in [9.17, 15) is 9.59 Å². The van der Waals surface area contributed by atoms with Gasteiger partial charge < -0.3 is 9.84 Å². The Hall–Kier alpha value is -4.24. The highest BCUT2D eigenvalue weighted by atomic mass is 35.5. The fourth-order valence-corrected chi connectivity index (χ4v) is 3.84. The third-order valence-electron chi connectivity index (χ3n) is 5.36. The fraction of sp³-hybridized carbons (Fsp3) is 0.125. The molecule has 0 spiro atoms. The van der Waals surface area contributed by atoms with Crippen LogP contribution in [0.2, 0.25) is 5.02 Å². The molecule has 1 amide bonds. The van der Waals surface area contributed by atoms with Crippen LogP contribution in [0.1, 0.15) is 11.1 Å². The quantitative estimate of drug-likeness (QED) is 0.410. The molecule has 0 radical (unpaired) electrons. The van der Waals surface area contributed by atoms with Gasteiger partial charge in [-0.05, 0) is 37.6 Å². The van der Waals surface area contributed by atoms with E-state index in [-0.39, 0.29) is 12.4 Å². The lowest BCUT2D eigenvalue weighted by atomic mass is 10.1. The lowest BCUT2D eigenvalue weighted by Gasteiger charge is -2.09. The molecule has 0 aliphatic heterocycles. The number of fused-ring (bicyclic) bond motifs is 1. The SMILES string of the molecule is Cc1ccc(-c2noc(-c3cccn4c(=O)n(CC(=O)Nc5c(C)cccc5Cl)nc34)n2)cc1. The van der Waals surface area contributed by atoms with E-state index in [0.717, 1.165) is 21.4 Å². The third-order valence-corrected chi connectivity index (χ3v) is 5.67. The second-order valence-corrected chi connectivity index (χ2v) is 8.23. The van der Waals surface area contributed by atoms with Gasteiger partial charge in [-0.3, -0.25) is 4.79 Å². The van der Waals surface area contributed by atoms with Crippen molar-refractivity contribution >= 4 is 28.8 Å². The Morgan fingerprint density at radius 1 is 1.09 bits per heavy atom. The van der Waals surface area contributed by atoms with E-state index in [2.05, 4.69) is 20.6 Å². The van der Waals surface area contributed by atoms with Crippen LogP contribution in [-0.4, -0.2) is 30.2 Å². The first-order valence-electron chi connectivity index (χ1n) is 10.4. The number of amides is 1. The predicted octanol–water partition coefficient (Wildman–Crippen LogP) is 4.12. The highest BCUT2D eigenvalue weighted by Crippen LogP contribution is 2.26. The maximum atomic E-state index is 12.9. The van der Waals surface area contributed by atoms with Crippen molar-refractivity contribution in [2.24, 2.45) is 0 Å². The molecule has 0 aliphatic carbocycles. The first kappa shape index (κ1) is 21.6. The molecule has 0 saturated carbocycles. The Bertz CT molecular complexity index is 1560. The Kier molecular flexibility index (Phi) is 5.46. The molecule has 0 saturated heterocycles. The van der Waals surface area contributed by atoms with Gasteiger partial charge in [0.25, 0.3) is 5.89 Å². The summed E-state index contributed by atoms with van der Waals surface area (Å²) in [7, 11) is 0. The van der Waals surface area contributed by atoms with E-state index in [1.807, 2.05) is 44.2 Å². The minimum absolute atomic E-state index is 0.217. The van der Waals surface area contributed by atoms with Gasteiger partial charge in [-0.1, -0.05) is 58.7 Å². The van der Waals surface area contributed by atoms with Gasteiger partial charge in [0.1, 0.15) is 6.54 Å². The van der Waals surface area contributed by atoms with Crippen molar-refractivity contribution in [1.82, 2.24) is 24.3 Å². The molecule has 5 aromatic rings. The average Bonchev–Trinajstić information content (AvgIpc) is 3.42. The number of aryl methyl sites for hydroxylation is 2. The molecule has 170 valence electrons. The van der Waals surface area contributed by atoms with Gasteiger partial charge in [-0.25, -0.2) is 13.9 Å². The van der Waals surface area contributed by atoms with E-state index >= 15 is 0 Å². The van der Waals surface area contributed by atoms with Crippen LogP contribution in [0.25, 0.3) is 28.5 Å². The van der Waals surface area contributed by atoms with E-state index in [1.165, 1.54) is 4.40 Å². The van der Waals surface area contributed by atoms with Crippen molar-refractivity contribution in [2.45, 2.75) is 20.4 Å². The van der Waals surface area contributed by atoms with E-state index in [0.29, 0.717) is 27.7 Å². The van der Waals surface area contributed by atoms with Crippen LogP contribution in [0.3, 0.4) is 0 Å². The maximum Gasteiger partial charge on any atom is 0.350 e. The highest BCUT2D eigenvalue weighted by Gasteiger charge is 2.19. The first-order chi connectivity index (χ1) is 16.4. The standard InChI is InChI=1S/C24H19ClN6O3/c1-14-8-10-16(11-9-14)21-27-23(34-29-21)17-6-4-12-30-22(17)28-31(24(30)33)13-19(32)26-20-15(2)5-3-7-18(20)25/h3-12H,13H2,1-2H3,(H,26,32). The Balaban J connectivity index is 1.46. The molecule has 0 bridgehead atoms.